The van der Waals surface area contributed by atoms with Gasteiger partial charge in [0.25, 0.3) is 0 Å². The first-order valence-electron chi connectivity index (χ1n) is 7.26. The average molecular weight is 282 g/mol. The number of benzene rings is 2. The minimum Gasteiger partial charge on any atom is -0.291 e. The lowest BCUT2D eigenvalue weighted by molar-refractivity contribution is -0.123. The van der Waals surface area contributed by atoms with Crippen molar-refractivity contribution in [3.8, 4) is 0 Å². The predicted octanol–water partition coefficient (Wildman–Crippen LogP) is 3.53. The first-order chi connectivity index (χ1) is 10.1. The number of rotatable bonds is 6. The van der Waals surface area contributed by atoms with Crippen molar-refractivity contribution in [3.63, 3.8) is 0 Å². The minimum absolute atomic E-state index is 0.0288. The van der Waals surface area contributed by atoms with Crippen LogP contribution < -0.4 is 10.9 Å². The lowest BCUT2D eigenvalue weighted by Gasteiger charge is -2.18. The number of fused-ring (bicyclic) bond motifs is 1. The van der Waals surface area contributed by atoms with Crippen LogP contribution >= 0.6 is 0 Å². The van der Waals surface area contributed by atoms with Gasteiger partial charge >= 0.3 is 0 Å². The Morgan fingerprint density at radius 1 is 1.19 bits per heavy atom. The molecule has 0 spiro atoms. The van der Waals surface area contributed by atoms with Crippen LogP contribution in [0.5, 0.6) is 0 Å². The van der Waals surface area contributed by atoms with Crippen LogP contribution in [0.2, 0.25) is 0 Å². The zero-order valence-corrected chi connectivity index (χ0v) is 12.6. The Morgan fingerprint density at radius 3 is 2.57 bits per heavy atom. The van der Waals surface area contributed by atoms with Crippen LogP contribution in [0.3, 0.4) is 0 Å². The molecule has 0 heterocycles. The third-order valence-corrected chi connectivity index (χ3v) is 3.38. The number of nitrogens with one attached hydrogen (secondary N) is 2. The monoisotopic (exact) mass is 282 g/mol. The second-order valence-corrected chi connectivity index (χ2v) is 5.47. The topological polar surface area (TPSA) is 41.1 Å². The molecule has 0 aliphatic carbocycles. The van der Waals surface area contributed by atoms with Crippen LogP contribution in [-0.4, -0.2) is 11.9 Å². The van der Waals surface area contributed by atoms with E-state index in [1.807, 2.05) is 32.0 Å². The SMILES string of the molecule is C=CCC(C(=O)NNC(C)C)c1ccc2ccccc2c1. The first kappa shape index (κ1) is 15.3. The van der Waals surface area contributed by atoms with Gasteiger partial charge in [-0.05, 0) is 36.6 Å². The molecule has 1 unspecified atom stereocenters. The molecule has 0 aromatic heterocycles. The molecule has 0 bridgehead atoms. The Bertz CT molecular complexity index is 634. The molecule has 0 aliphatic rings. The second-order valence-electron chi connectivity index (χ2n) is 5.47. The van der Waals surface area contributed by atoms with Gasteiger partial charge in [-0.2, -0.15) is 0 Å². The summed E-state index contributed by atoms with van der Waals surface area (Å²) in [7, 11) is 0. The molecule has 0 aliphatic heterocycles. The van der Waals surface area contributed by atoms with Crippen molar-refractivity contribution in [2.24, 2.45) is 0 Å². The highest BCUT2D eigenvalue weighted by molar-refractivity contribution is 5.87. The van der Waals surface area contributed by atoms with Crippen LogP contribution in [0.15, 0.2) is 55.1 Å². The van der Waals surface area contributed by atoms with Gasteiger partial charge in [0, 0.05) is 6.04 Å². The summed E-state index contributed by atoms with van der Waals surface area (Å²) in [5.74, 6) is -0.253. The molecule has 110 valence electrons. The van der Waals surface area contributed by atoms with Gasteiger partial charge in [0.2, 0.25) is 5.91 Å². The maximum atomic E-state index is 12.4. The standard InChI is InChI=1S/C18H22N2O/c1-4-7-17(18(21)20-19-13(2)3)16-11-10-14-8-5-6-9-15(14)12-16/h4-6,8-13,17,19H,1,7H2,2-3H3,(H,20,21). The fraction of sp³-hybridized carbons (Fsp3) is 0.278. The lowest BCUT2D eigenvalue weighted by atomic mass is 9.93. The molecule has 1 atom stereocenters. The van der Waals surface area contributed by atoms with Gasteiger partial charge in [-0.3, -0.25) is 10.2 Å². The zero-order valence-electron chi connectivity index (χ0n) is 12.6. The molecule has 0 saturated carbocycles. The van der Waals surface area contributed by atoms with Crippen molar-refractivity contribution in [2.45, 2.75) is 32.2 Å². The molecule has 2 aromatic carbocycles. The van der Waals surface area contributed by atoms with Gasteiger partial charge in [-0.15, -0.1) is 6.58 Å². The van der Waals surface area contributed by atoms with Crippen molar-refractivity contribution >= 4 is 16.7 Å². The normalized spacial score (nSPS) is 12.3. The summed E-state index contributed by atoms with van der Waals surface area (Å²) in [4.78, 5) is 12.4. The van der Waals surface area contributed by atoms with Gasteiger partial charge < -0.3 is 0 Å². The molecular weight excluding hydrogens is 260 g/mol. The van der Waals surface area contributed by atoms with Crippen LogP contribution in [0.4, 0.5) is 0 Å². The highest BCUT2D eigenvalue weighted by Gasteiger charge is 2.19. The third-order valence-electron chi connectivity index (χ3n) is 3.38. The van der Waals surface area contributed by atoms with Crippen molar-refractivity contribution in [1.82, 2.24) is 10.9 Å². The summed E-state index contributed by atoms with van der Waals surface area (Å²) in [6, 6.07) is 14.5. The fourth-order valence-electron chi connectivity index (χ4n) is 2.29. The second kappa shape index (κ2) is 7.04. The zero-order chi connectivity index (χ0) is 15.2. The highest BCUT2D eigenvalue weighted by atomic mass is 16.2. The maximum Gasteiger partial charge on any atom is 0.241 e. The van der Waals surface area contributed by atoms with E-state index in [0.29, 0.717) is 6.42 Å². The van der Waals surface area contributed by atoms with Gasteiger partial charge in [-0.1, -0.05) is 48.5 Å². The van der Waals surface area contributed by atoms with Gasteiger partial charge in [0.15, 0.2) is 0 Å². The summed E-state index contributed by atoms with van der Waals surface area (Å²) < 4.78 is 0. The van der Waals surface area contributed by atoms with E-state index >= 15 is 0 Å². The maximum absolute atomic E-state index is 12.4. The summed E-state index contributed by atoms with van der Waals surface area (Å²) >= 11 is 0. The van der Waals surface area contributed by atoms with E-state index in [4.69, 9.17) is 0 Å². The first-order valence-corrected chi connectivity index (χ1v) is 7.26. The molecule has 2 rings (SSSR count). The van der Waals surface area contributed by atoms with Crippen LogP contribution in [0.25, 0.3) is 10.8 Å². The van der Waals surface area contributed by atoms with Gasteiger partial charge in [0.05, 0.1) is 5.92 Å². The molecule has 3 nitrogen and oxygen atoms in total. The Hall–Kier alpha value is -2.13. The molecule has 2 N–H and O–H groups in total. The fourth-order valence-corrected chi connectivity index (χ4v) is 2.29. The van der Waals surface area contributed by atoms with E-state index in [2.05, 4.69) is 41.7 Å². The van der Waals surface area contributed by atoms with E-state index in [9.17, 15) is 4.79 Å². The van der Waals surface area contributed by atoms with E-state index in [1.165, 1.54) is 5.39 Å². The molecule has 0 fully saturated rings. The summed E-state index contributed by atoms with van der Waals surface area (Å²) in [6.07, 6.45) is 2.40. The van der Waals surface area contributed by atoms with E-state index in [1.54, 1.807) is 6.08 Å². The van der Waals surface area contributed by atoms with Crippen LogP contribution in [0, 0.1) is 0 Å². The minimum atomic E-state index is -0.224. The lowest BCUT2D eigenvalue weighted by Crippen LogP contribution is -2.43. The molecule has 0 radical (unpaired) electrons. The van der Waals surface area contributed by atoms with Crippen LogP contribution in [0.1, 0.15) is 31.7 Å². The van der Waals surface area contributed by atoms with E-state index in [0.717, 1.165) is 10.9 Å². The Balaban J connectivity index is 2.26. The van der Waals surface area contributed by atoms with Gasteiger partial charge in [-0.25, -0.2) is 5.43 Å². The number of hydrazine groups is 1. The number of carbonyl (C=O) groups is 1. The highest BCUT2D eigenvalue weighted by Crippen LogP contribution is 2.24. The molecule has 2 aromatic rings. The molecule has 1 amide bonds. The average Bonchev–Trinajstić information content (AvgIpc) is 2.49. The van der Waals surface area contributed by atoms with E-state index < -0.39 is 0 Å². The molecular formula is C18H22N2O. The Labute approximate surface area is 126 Å². The number of amides is 1. The van der Waals surface area contributed by atoms with Crippen molar-refractivity contribution in [1.29, 1.82) is 0 Å². The smallest absolute Gasteiger partial charge is 0.241 e. The van der Waals surface area contributed by atoms with Crippen molar-refractivity contribution in [3.05, 3.63) is 60.7 Å². The third kappa shape index (κ3) is 3.92. The van der Waals surface area contributed by atoms with E-state index in [-0.39, 0.29) is 17.9 Å². The summed E-state index contributed by atoms with van der Waals surface area (Å²) in [6.45, 7) is 7.74. The largest absolute Gasteiger partial charge is 0.291 e. The number of hydrogen-bond acceptors (Lipinski definition) is 2. The molecule has 21 heavy (non-hydrogen) atoms. The molecule has 3 heteroatoms. The van der Waals surface area contributed by atoms with Crippen molar-refractivity contribution in [2.75, 3.05) is 0 Å². The number of hydrogen-bond donors (Lipinski definition) is 2. The Kier molecular flexibility index (Phi) is 5.12. The number of allylic oxidation sites excluding steroid dienone is 1. The van der Waals surface area contributed by atoms with Crippen LogP contribution in [-0.2, 0) is 4.79 Å². The number of carbonyl (C=O) groups excluding carboxylic acids is 1. The van der Waals surface area contributed by atoms with Crippen molar-refractivity contribution < 1.29 is 4.79 Å². The Morgan fingerprint density at radius 2 is 1.90 bits per heavy atom. The quantitative estimate of drug-likeness (QED) is 0.628. The van der Waals surface area contributed by atoms with Gasteiger partial charge in [0.1, 0.15) is 0 Å². The summed E-state index contributed by atoms with van der Waals surface area (Å²) in [5.41, 5.74) is 6.74. The predicted molar refractivity (Wildman–Crippen MR) is 87.9 cm³/mol. The molecule has 0 saturated heterocycles. The summed E-state index contributed by atoms with van der Waals surface area (Å²) in [5, 5.41) is 2.33.